The van der Waals surface area contributed by atoms with Crippen molar-refractivity contribution in [3.63, 3.8) is 0 Å². The van der Waals surface area contributed by atoms with E-state index in [4.69, 9.17) is 14.1 Å². The fourth-order valence-corrected chi connectivity index (χ4v) is 4.61. The van der Waals surface area contributed by atoms with Crippen LogP contribution >= 0.6 is 0 Å². The van der Waals surface area contributed by atoms with Gasteiger partial charge in [0.2, 0.25) is 0 Å². The first-order valence-electron chi connectivity index (χ1n) is 10.3. The highest BCUT2D eigenvalue weighted by molar-refractivity contribution is 7.91. The summed E-state index contributed by atoms with van der Waals surface area (Å²) in [7, 11) is 0. The molecule has 6 nitrogen and oxygen atoms in total. The maximum atomic E-state index is 12.9. The van der Waals surface area contributed by atoms with Crippen LogP contribution in [0.15, 0.2) is 16.5 Å². The summed E-state index contributed by atoms with van der Waals surface area (Å²) < 4.78 is 22.7. The Balaban J connectivity index is 1.88. The normalized spacial score (nSPS) is 21.4. The molecule has 0 N–H and O–H groups in total. The number of hydrogen-bond donors (Lipinski definition) is 0. The Labute approximate surface area is 177 Å². The molecule has 0 bridgehead atoms. The van der Waals surface area contributed by atoms with E-state index in [1.54, 1.807) is 4.90 Å². The summed E-state index contributed by atoms with van der Waals surface area (Å²) in [4.78, 5) is 19.0. The molecule has 1 aromatic heterocycles. The Kier molecular flexibility index (Phi) is 5.78. The summed E-state index contributed by atoms with van der Waals surface area (Å²) >= 11 is -1.34. The predicted molar refractivity (Wildman–Crippen MR) is 117 cm³/mol. The van der Waals surface area contributed by atoms with E-state index in [1.807, 2.05) is 54.5 Å². The van der Waals surface area contributed by atoms with E-state index in [-0.39, 0.29) is 11.5 Å². The van der Waals surface area contributed by atoms with Crippen LogP contribution in [0.4, 0.5) is 4.79 Å². The van der Waals surface area contributed by atoms with Crippen molar-refractivity contribution in [3.8, 4) is 0 Å². The van der Waals surface area contributed by atoms with Gasteiger partial charge < -0.3 is 14.2 Å². The lowest BCUT2D eigenvalue weighted by Gasteiger charge is -2.39. The molecule has 29 heavy (non-hydrogen) atoms. The number of carbonyl (C=O) groups is 1. The Morgan fingerprint density at radius 2 is 1.83 bits per heavy atom. The van der Waals surface area contributed by atoms with Gasteiger partial charge in [-0.25, -0.2) is 4.79 Å². The number of rotatable bonds is 1. The molecule has 1 spiro atoms. The van der Waals surface area contributed by atoms with Gasteiger partial charge in [-0.3, -0.25) is 4.98 Å². The average molecular weight is 420 g/mol. The van der Waals surface area contributed by atoms with Crippen LogP contribution in [0.3, 0.4) is 0 Å². The first kappa shape index (κ1) is 22.1. The molecule has 1 unspecified atom stereocenters. The molecule has 1 aromatic rings. The Bertz CT molecular complexity index is 816. The van der Waals surface area contributed by atoms with Gasteiger partial charge in [-0.2, -0.15) is 0 Å². The molecular weight excluding hydrogens is 386 g/mol. The third-order valence-corrected chi connectivity index (χ3v) is 6.84. The Morgan fingerprint density at radius 1 is 1.21 bits per heavy atom. The first-order valence-corrected chi connectivity index (χ1v) is 11.4. The van der Waals surface area contributed by atoms with Crippen LogP contribution in [-0.2, 0) is 22.5 Å². The number of nitrogens with zero attached hydrogens (tertiary/aromatic N) is 3. The fraction of sp³-hybridized carbons (Fsp3) is 0.682. The number of ether oxygens (including phenoxy) is 1. The molecule has 1 fully saturated rings. The van der Waals surface area contributed by atoms with Crippen molar-refractivity contribution in [2.45, 2.75) is 78.1 Å². The second kappa shape index (κ2) is 7.58. The number of carbonyl (C=O) groups excluding carboxylic acids is 1. The highest BCUT2D eigenvalue weighted by atomic mass is 32.2. The summed E-state index contributed by atoms with van der Waals surface area (Å²) in [6.45, 7) is 14.6. The predicted octanol–water partition coefficient (Wildman–Crippen LogP) is 4.21. The van der Waals surface area contributed by atoms with Crippen molar-refractivity contribution in [1.29, 1.82) is 0 Å². The Hall–Kier alpha value is -1.60. The maximum Gasteiger partial charge on any atom is 0.410 e. The molecule has 1 saturated heterocycles. The van der Waals surface area contributed by atoms with Crippen molar-refractivity contribution >= 4 is 23.2 Å². The standard InChI is InChI=1S/C22H33N3O3S/c1-15-8-9-16-17(23-15)14-22(18(16)24-29(27)21(5,6)7)10-12-25(13-11-22)19(26)28-20(2,3)4/h8-9H,10-14H2,1-7H3. The lowest BCUT2D eigenvalue weighted by atomic mass is 9.75. The minimum atomic E-state index is -1.34. The minimum Gasteiger partial charge on any atom is -0.591 e. The molecule has 0 saturated carbocycles. The highest BCUT2D eigenvalue weighted by Gasteiger charge is 2.49. The number of aromatic nitrogens is 1. The molecule has 160 valence electrons. The second-order valence-corrected chi connectivity index (χ2v) is 12.1. The quantitative estimate of drug-likeness (QED) is 0.639. The Morgan fingerprint density at radius 3 is 2.38 bits per heavy atom. The molecule has 0 radical (unpaired) electrons. The monoisotopic (exact) mass is 419 g/mol. The van der Waals surface area contributed by atoms with E-state index in [0.717, 1.165) is 41.9 Å². The van der Waals surface area contributed by atoms with Crippen LogP contribution in [-0.4, -0.2) is 49.7 Å². The highest BCUT2D eigenvalue weighted by Crippen LogP contribution is 2.45. The molecule has 1 atom stereocenters. The number of pyridine rings is 1. The van der Waals surface area contributed by atoms with Crippen LogP contribution in [0.2, 0.25) is 0 Å². The van der Waals surface area contributed by atoms with Gasteiger partial charge in [0.1, 0.15) is 27.4 Å². The SMILES string of the molecule is Cc1ccc2c(n1)CC1(CCN(C(=O)OC(C)(C)C)CC1)C2=N[S+]([O-])C(C)(C)C. The van der Waals surface area contributed by atoms with E-state index < -0.39 is 21.7 Å². The third-order valence-electron chi connectivity index (χ3n) is 5.45. The van der Waals surface area contributed by atoms with Crippen molar-refractivity contribution in [2.75, 3.05) is 13.1 Å². The number of likely N-dealkylation sites (tertiary alicyclic amines) is 1. The van der Waals surface area contributed by atoms with Gasteiger partial charge in [-0.15, -0.1) is 0 Å². The van der Waals surface area contributed by atoms with Gasteiger partial charge >= 0.3 is 6.09 Å². The van der Waals surface area contributed by atoms with E-state index in [0.29, 0.717) is 13.1 Å². The summed E-state index contributed by atoms with van der Waals surface area (Å²) in [5, 5.41) is 0. The van der Waals surface area contributed by atoms with Crippen LogP contribution < -0.4 is 0 Å². The topological polar surface area (TPSA) is 77.9 Å². The van der Waals surface area contributed by atoms with Crippen molar-refractivity contribution in [3.05, 3.63) is 29.1 Å². The van der Waals surface area contributed by atoms with Crippen LogP contribution in [0.25, 0.3) is 0 Å². The van der Waals surface area contributed by atoms with E-state index >= 15 is 0 Å². The van der Waals surface area contributed by atoms with Crippen molar-refractivity contribution < 1.29 is 14.1 Å². The summed E-state index contributed by atoms with van der Waals surface area (Å²) in [6.07, 6.45) is 2.05. The largest absolute Gasteiger partial charge is 0.591 e. The van der Waals surface area contributed by atoms with Gasteiger partial charge in [0.15, 0.2) is 0 Å². The molecular formula is C22H33N3O3S. The number of fused-ring (bicyclic) bond motifs is 1. The average Bonchev–Trinajstić information content (AvgIpc) is 2.85. The summed E-state index contributed by atoms with van der Waals surface area (Å²) in [6, 6.07) is 4.05. The lowest BCUT2D eigenvalue weighted by Crippen LogP contribution is -2.47. The zero-order chi connectivity index (χ0) is 21.6. The van der Waals surface area contributed by atoms with Crippen LogP contribution in [0, 0.1) is 12.3 Å². The first-order chi connectivity index (χ1) is 13.3. The second-order valence-electron chi connectivity index (χ2n) is 10.2. The zero-order valence-corrected chi connectivity index (χ0v) is 19.5. The van der Waals surface area contributed by atoms with Crippen molar-refractivity contribution in [1.82, 2.24) is 9.88 Å². The van der Waals surface area contributed by atoms with Gasteiger partial charge in [-0.05, 0) is 73.4 Å². The van der Waals surface area contributed by atoms with Gasteiger partial charge in [-0.1, -0.05) is 4.40 Å². The summed E-state index contributed by atoms with van der Waals surface area (Å²) in [5.41, 5.74) is 3.19. The van der Waals surface area contributed by atoms with Gasteiger partial charge in [0.05, 0.1) is 5.69 Å². The molecule has 0 aromatic carbocycles. The fourth-order valence-electron chi connectivity index (χ4n) is 3.87. The third kappa shape index (κ3) is 4.77. The number of amides is 1. The molecule has 2 aliphatic rings. The smallest absolute Gasteiger partial charge is 0.410 e. The molecule has 1 aliphatic carbocycles. The van der Waals surface area contributed by atoms with Gasteiger partial charge in [0.25, 0.3) is 0 Å². The molecule has 3 rings (SSSR count). The summed E-state index contributed by atoms with van der Waals surface area (Å²) in [5.74, 6) is 0. The van der Waals surface area contributed by atoms with E-state index in [9.17, 15) is 9.35 Å². The molecule has 2 heterocycles. The lowest BCUT2D eigenvalue weighted by molar-refractivity contribution is 0.0159. The van der Waals surface area contributed by atoms with Crippen molar-refractivity contribution in [2.24, 2.45) is 9.81 Å². The molecule has 7 heteroatoms. The van der Waals surface area contributed by atoms with Crippen LogP contribution in [0.5, 0.6) is 0 Å². The van der Waals surface area contributed by atoms with Crippen LogP contribution in [0.1, 0.15) is 71.3 Å². The van der Waals surface area contributed by atoms with E-state index in [1.165, 1.54) is 0 Å². The minimum absolute atomic E-state index is 0.220. The number of hydrogen-bond acceptors (Lipinski definition) is 5. The molecule has 1 amide bonds. The maximum absolute atomic E-state index is 12.9. The zero-order valence-electron chi connectivity index (χ0n) is 18.7. The number of piperidine rings is 1. The van der Waals surface area contributed by atoms with E-state index in [2.05, 4.69) is 6.07 Å². The molecule has 1 aliphatic heterocycles. The van der Waals surface area contributed by atoms with Gasteiger partial charge in [0, 0.05) is 36.2 Å². The number of aryl methyl sites for hydroxylation is 1.